The van der Waals surface area contributed by atoms with Gasteiger partial charge in [-0.3, -0.25) is 14.2 Å². The zero-order chi connectivity index (χ0) is 19.6. The Morgan fingerprint density at radius 1 is 1.27 bits per heavy atom. The van der Waals surface area contributed by atoms with Gasteiger partial charge in [-0.15, -0.1) is 0 Å². The number of aryl methyl sites for hydroxylation is 1. The Bertz CT molecular complexity index is 965. The highest BCUT2D eigenvalue weighted by Crippen LogP contribution is 2.26. The van der Waals surface area contributed by atoms with E-state index in [0.29, 0.717) is 5.75 Å². The number of pyridine rings is 1. The van der Waals surface area contributed by atoms with Crippen molar-refractivity contribution in [2.24, 2.45) is 0 Å². The Balaban J connectivity index is 2.46. The molecule has 0 saturated carbocycles. The molecular formula is C20H22N2O4. The number of rotatable bonds is 5. The number of aromatic hydroxyl groups is 1. The molecule has 0 aliphatic heterocycles. The molecule has 136 valence electrons. The zero-order valence-electron chi connectivity index (χ0n) is 15.6. The number of ether oxygens (including phenoxy) is 1. The van der Waals surface area contributed by atoms with Crippen molar-refractivity contribution in [3.05, 3.63) is 56.4 Å². The summed E-state index contributed by atoms with van der Waals surface area (Å²) in [4.78, 5) is 25.1. The van der Waals surface area contributed by atoms with Gasteiger partial charge < -0.3 is 9.84 Å². The highest BCUT2D eigenvalue weighted by atomic mass is 16.5. The standard InChI is InChI=1S/C20H22N2O4/c1-11(2)22-19(24)15(9-21)14(5)18(20(22)25)16(23)10-26-17-8-6-7-12(3)13(17)4/h6-8,11,25H,10H2,1-5H3. The van der Waals surface area contributed by atoms with Gasteiger partial charge in [0.25, 0.3) is 5.56 Å². The summed E-state index contributed by atoms with van der Waals surface area (Å²) in [7, 11) is 0. The van der Waals surface area contributed by atoms with E-state index in [1.54, 1.807) is 19.9 Å². The largest absolute Gasteiger partial charge is 0.494 e. The molecule has 26 heavy (non-hydrogen) atoms. The number of nitrogens with zero attached hydrogens (tertiary/aromatic N) is 2. The van der Waals surface area contributed by atoms with Crippen LogP contribution < -0.4 is 10.3 Å². The van der Waals surface area contributed by atoms with Crippen LogP contribution in [0.5, 0.6) is 11.6 Å². The second-order valence-electron chi connectivity index (χ2n) is 6.49. The van der Waals surface area contributed by atoms with Gasteiger partial charge in [0, 0.05) is 6.04 Å². The lowest BCUT2D eigenvalue weighted by atomic mass is 10.0. The number of Topliss-reactive ketones (excluding diaryl/α,β-unsaturated/α-hetero) is 1. The molecule has 0 fully saturated rings. The quantitative estimate of drug-likeness (QED) is 0.833. The molecular weight excluding hydrogens is 332 g/mol. The lowest BCUT2D eigenvalue weighted by Crippen LogP contribution is -2.28. The first-order valence-corrected chi connectivity index (χ1v) is 8.31. The highest BCUT2D eigenvalue weighted by molar-refractivity contribution is 6.01. The minimum absolute atomic E-state index is 0.0554. The maximum Gasteiger partial charge on any atom is 0.271 e. The van der Waals surface area contributed by atoms with E-state index in [9.17, 15) is 20.0 Å². The van der Waals surface area contributed by atoms with E-state index in [1.807, 2.05) is 32.0 Å². The van der Waals surface area contributed by atoms with E-state index in [4.69, 9.17) is 4.74 Å². The first kappa shape index (κ1) is 19.3. The number of nitriles is 1. The second kappa shape index (κ2) is 7.44. The summed E-state index contributed by atoms with van der Waals surface area (Å²) >= 11 is 0. The first-order valence-electron chi connectivity index (χ1n) is 8.31. The molecule has 2 aromatic rings. The molecule has 6 nitrogen and oxygen atoms in total. The van der Waals surface area contributed by atoms with Crippen molar-refractivity contribution in [1.29, 1.82) is 5.26 Å². The lowest BCUT2D eigenvalue weighted by molar-refractivity contribution is 0.0915. The summed E-state index contributed by atoms with van der Waals surface area (Å²) in [5.41, 5.74) is 1.32. The van der Waals surface area contributed by atoms with E-state index in [2.05, 4.69) is 0 Å². The third-order valence-corrected chi connectivity index (χ3v) is 4.46. The van der Waals surface area contributed by atoms with Crippen molar-refractivity contribution in [2.75, 3.05) is 6.61 Å². The molecule has 0 bridgehead atoms. The molecule has 0 spiro atoms. The predicted molar refractivity (Wildman–Crippen MR) is 97.9 cm³/mol. The van der Waals surface area contributed by atoms with Crippen molar-refractivity contribution in [2.45, 2.75) is 40.7 Å². The van der Waals surface area contributed by atoms with Gasteiger partial charge >= 0.3 is 0 Å². The van der Waals surface area contributed by atoms with Gasteiger partial charge in [-0.05, 0) is 57.4 Å². The third kappa shape index (κ3) is 3.33. The van der Waals surface area contributed by atoms with E-state index < -0.39 is 23.3 Å². The first-order chi connectivity index (χ1) is 12.2. The number of ketones is 1. The van der Waals surface area contributed by atoms with Crippen LogP contribution in [0, 0.1) is 32.1 Å². The molecule has 1 heterocycles. The monoisotopic (exact) mass is 354 g/mol. The summed E-state index contributed by atoms with van der Waals surface area (Å²) in [6.45, 7) is 8.40. The van der Waals surface area contributed by atoms with Crippen LogP contribution in [0.2, 0.25) is 0 Å². The van der Waals surface area contributed by atoms with Crippen LogP contribution in [-0.2, 0) is 0 Å². The Kier molecular flexibility index (Phi) is 5.51. The Morgan fingerprint density at radius 3 is 2.50 bits per heavy atom. The molecule has 1 N–H and O–H groups in total. The van der Waals surface area contributed by atoms with Crippen molar-refractivity contribution >= 4 is 5.78 Å². The van der Waals surface area contributed by atoms with E-state index in [0.717, 1.165) is 15.7 Å². The summed E-state index contributed by atoms with van der Waals surface area (Å²) in [6, 6.07) is 6.97. The highest BCUT2D eigenvalue weighted by Gasteiger charge is 2.25. The minimum atomic E-state index is -0.607. The van der Waals surface area contributed by atoms with E-state index in [-0.39, 0.29) is 23.3 Å². The van der Waals surface area contributed by atoms with E-state index in [1.165, 1.54) is 6.92 Å². The van der Waals surface area contributed by atoms with Crippen LogP contribution in [-0.4, -0.2) is 22.1 Å². The summed E-state index contributed by atoms with van der Waals surface area (Å²) in [5.74, 6) is -0.351. The van der Waals surface area contributed by atoms with Gasteiger partial charge in [-0.25, -0.2) is 0 Å². The van der Waals surface area contributed by atoms with Crippen molar-refractivity contribution in [3.63, 3.8) is 0 Å². The number of aromatic nitrogens is 1. The number of hydrogen-bond acceptors (Lipinski definition) is 5. The third-order valence-electron chi connectivity index (χ3n) is 4.46. The van der Waals surface area contributed by atoms with E-state index >= 15 is 0 Å². The fourth-order valence-electron chi connectivity index (χ4n) is 2.83. The Labute approximate surface area is 152 Å². The summed E-state index contributed by atoms with van der Waals surface area (Å²) < 4.78 is 6.67. The SMILES string of the molecule is Cc1cccc(OCC(=O)c2c(C)c(C#N)c(=O)n(C(C)C)c2O)c1C. The fourth-order valence-corrected chi connectivity index (χ4v) is 2.83. The molecule has 1 aromatic carbocycles. The molecule has 1 aromatic heterocycles. The minimum Gasteiger partial charge on any atom is -0.494 e. The normalized spacial score (nSPS) is 10.7. The molecule has 0 saturated heterocycles. The van der Waals surface area contributed by atoms with Crippen LogP contribution in [0.25, 0.3) is 0 Å². The fraction of sp³-hybridized carbons (Fsp3) is 0.350. The Morgan fingerprint density at radius 2 is 1.92 bits per heavy atom. The maximum absolute atomic E-state index is 12.7. The van der Waals surface area contributed by atoms with Crippen LogP contribution >= 0.6 is 0 Å². The van der Waals surface area contributed by atoms with Gasteiger partial charge in [-0.2, -0.15) is 5.26 Å². The van der Waals surface area contributed by atoms with Crippen molar-refractivity contribution < 1.29 is 14.6 Å². The van der Waals surface area contributed by atoms with Crippen LogP contribution in [0.15, 0.2) is 23.0 Å². The molecule has 0 amide bonds. The molecule has 6 heteroatoms. The van der Waals surface area contributed by atoms with Gasteiger partial charge in [0.1, 0.15) is 17.4 Å². The number of carbonyl (C=O) groups is 1. The maximum atomic E-state index is 12.7. The van der Waals surface area contributed by atoms with Crippen LogP contribution in [0.3, 0.4) is 0 Å². The Hall–Kier alpha value is -3.07. The van der Waals surface area contributed by atoms with Crippen molar-refractivity contribution in [1.82, 2.24) is 4.57 Å². The molecule has 0 radical (unpaired) electrons. The second-order valence-corrected chi connectivity index (χ2v) is 6.49. The van der Waals surface area contributed by atoms with Gasteiger partial charge in [0.15, 0.2) is 6.61 Å². The van der Waals surface area contributed by atoms with Gasteiger partial charge in [0.05, 0.1) is 5.56 Å². The zero-order valence-corrected chi connectivity index (χ0v) is 15.6. The van der Waals surface area contributed by atoms with Gasteiger partial charge in [0.2, 0.25) is 11.7 Å². The summed E-state index contributed by atoms with van der Waals surface area (Å²) in [6.07, 6.45) is 0. The summed E-state index contributed by atoms with van der Waals surface area (Å²) in [5, 5.41) is 19.8. The van der Waals surface area contributed by atoms with Crippen LogP contribution in [0.4, 0.5) is 0 Å². The average molecular weight is 354 g/mol. The number of carbonyl (C=O) groups excluding carboxylic acids is 1. The van der Waals surface area contributed by atoms with Gasteiger partial charge in [-0.1, -0.05) is 12.1 Å². The number of benzene rings is 1. The number of hydrogen-bond donors (Lipinski definition) is 1. The lowest BCUT2D eigenvalue weighted by Gasteiger charge is -2.18. The molecule has 0 aliphatic carbocycles. The molecule has 2 rings (SSSR count). The van der Waals surface area contributed by atoms with Crippen molar-refractivity contribution in [3.8, 4) is 17.7 Å². The smallest absolute Gasteiger partial charge is 0.271 e. The topological polar surface area (TPSA) is 92.3 Å². The predicted octanol–water partition coefficient (Wildman–Crippen LogP) is 3.19. The average Bonchev–Trinajstić information content (AvgIpc) is 2.56. The molecule has 0 atom stereocenters. The molecule has 0 aliphatic rings. The van der Waals surface area contributed by atoms with Crippen LogP contribution in [0.1, 0.15) is 52.5 Å². The molecule has 0 unspecified atom stereocenters.